The van der Waals surface area contributed by atoms with Crippen molar-refractivity contribution >= 4 is 0 Å². The van der Waals surface area contributed by atoms with Crippen molar-refractivity contribution in [1.29, 1.82) is 0 Å². The molecule has 0 saturated carbocycles. The predicted octanol–water partition coefficient (Wildman–Crippen LogP) is 3.18. The van der Waals surface area contributed by atoms with Gasteiger partial charge in [-0.05, 0) is 30.2 Å². The topological polar surface area (TPSA) is 47.3 Å². The van der Waals surface area contributed by atoms with Crippen LogP contribution in [0.15, 0.2) is 47.2 Å². The maximum atomic E-state index is 5.73. The fraction of sp³-hybridized carbons (Fsp3) is 0.438. The normalized spacial score (nSPS) is 12.8. The third-order valence-electron chi connectivity index (χ3n) is 2.88. The van der Waals surface area contributed by atoms with Crippen LogP contribution < -0.4 is 5.32 Å². The molecule has 0 aromatic carbocycles. The van der Waals surface area contributed by atoms with Crippen LogP contribution in [0, 0.1) is 5.92 Å². The molecule has 2 rings (SSSR count). The minimum atomic E-state index is 0.0470. The fourth-order valence-corrected chi connectivity index (χ4v) is 1.88. The first-order valence-electron chi connectivity index (χ1n) is 7.00. The van der Waals surface area contributed by atoms with E-state index < -0.39 is 0 Å². The third kappa shape index (κ3) is 4.79. The van der Waals surface area contributed by atoms with Crippen molar-refractivity contribution in [3.8, 4) is 0 Å². The van der Waals surface area contributed by atoms with E-state index in [4.69, 9.17) is 9.15 Å². The third-order valence-corrected chi connectivity index (χ3v) is 2.88. The average molecular weight is 274 g/mol. The molecule has 0 radical (unpaired) electrons. The molecule has 1 N–H and O–H groups in total. The molecule has 4 nitrogen and oxygen atoms in total. The molecule has 2 aromatic rings. The fourth-order valence-electron chi connectivity index (χ4n) is 1.88. The Morgan fingerprint density at radius 1 is 1.20 bits per heavy atom. The van der Waals surface area contributed by atoms with Crippen molar-refractivity contribution in [2.75, 3.05) is 13.2 Å². The van der Waals surface area contributed by atoms with E-state index in [0.29, 0.717) is 19.1 Å². The summed E-state index contributed by atoms with van der Waals surface area (Å²) in [4.78, 5) is 4.31. The zero-order valence-electron chi connectivity index (χ0n) is 12.1. The largest absolute Gasteiger partial charge is 0.468 e. The van der Waals surface area contributed by atoms with E-state index in [9.17, 15) is 0 Å². The summed E-state index contributed by atoms with van der Waals surface area (Å²) >= 11 is 0. The first kappa shape index (κ1) is 14.8. The van der Waals surface area contributed by atoms with Gasteiger partial charge in [0.2, 0.25) is 0 Å². The Labute approximate surface area is 120 Å². The SMILES string of the molecule is CC(C)COCC(NCc1ccccn1)c1ccco1. The van der Waals surface area contributed by atoms with Gasteiger partial charge in [-0.25, -0.2) is 0 Å². The van der Waals surface area contributed by atoms with Crippen LogP contribution in [0.5, 0.6) is 0 Å². The molecule has 0 amide bonds. The Morgan fingerprint density at radius 3 is 2.75 bits per heavy atom. The van der Waals surface area contributed by atoms with E-state index in [0.717, 1.165) is 18.1 Å². The van der Waals surface area contributed by atoms with Gasteiger partial charge in [0.25, 0.3) is 0 Å². The molecule has 1 atom stereocenters. The van der Waals surface area contributed by atoms with E-state index in [1.54, 1.807) is 12.5 Å². The smallest absolute Gasteiger partial charge is 0.123 e. The Kier molecular flexibility index (Phi) is 5.77. The maximum Gasteiger partial charge on any atom is 0.123 e. The van der Waals surface area contributed by atoms with Crippen molar-refractivity contribution in [2.45, 2.75) is 26.4 Å². The number of pyridine rings is 1. The van der Waals surface area contributed by atoms with Gasteiger partial charge >= 0.3 is 0 Å². The lowest BCUT2D eigenvalue weighted by atomic mass is 10.2. The molecule has 0 aliphatic rings. The van der Waals surface area contributed by atoms with E-state index in [-0.39, 0.29) is 6.04 Å². The summed E-state index contributed by atoms with van der Waals surface area (Å²) in [5.41, 5.74) is 1.01. The van der Waals surface area contributed by atoms with Crippen LogP contribution in [-0.2, 0) is 11.3 Å². The number of nitrogens with zero attached hydrogens (tertiary/aromatic N) is 1. The van der Waals surface area contributed by atoms with E-state index in [1.165, 1.54) is 0 Å². The van der Waals surface area contributed by atoms with Gasteiger partial charge in [0, 0.05) is 19.3 Å². The molecule has 0 aliphatic carbocycles. The molecule has 2 aromatic heterocycles. The summed E-state index contributed by atoms with van der Waals surface area (Å²) in [5.74, 6) is 1.42. The number of rotatable bonds is 8. The minimum absolute atomic E-state index is 0.0470. The van der Waals surface area contributed by atoms with Crippen molar-refractivity contribution in [3.05, 3.63) is 54.2 Å². The van der Waals surface area contributed by atoms with Crippen LogP contribution in [0.4, 0.5) is 0 Å². The first-order valence-corrected chi connectivity index (χ1v) is 7.00. The summed E-state index contributed by atoms with van der Waals surface area (Å²) in [6, 6.07) is 9.81. The number of aromatic nitrogens is 1. The van der Waals surface area contributed by atoms with Gasteiger partial charge in [0.05, 0.1) is 24.6 Å². The second kappa shape index (κ2) is 7.82. The van der Waals surface area contributed by atoms with Gasteiger partial charge in [-0.3, -0.25) is 10.3 Å². The Bertz CT molecular complexity index is 468. The van der Waals surface area contributed by atoms with Crippen LogP contribution in [0.1, 0.15) is 31.3 Å². The zero-order chi connectivity index (χ0) is 14.2. The predicted molar refractivity (Wildman–Crippen MR) is 78.2 cm³/mol. The molecule has 4 heteroatoms. The van der Waals surface area contributed by atoms with Crippen LogP contribution >= 0.6 is 0 Å². The minimum Gasteiger partial charge on any atom is -0.468 e. The molecule has 0 spiro atoms. The maximum absolute atomic E-state index is 5.73. The molecule has 2 heterocycles. The van der Waals surface area contributed by atoms with E-state index >= 15 is 0 Å². The number of hydrogen-bond donors (Lipinski definition) is 1. The van der Waals surface area contributed by atoms with Crippen LogP contribution in [-0.4, -0.2) is 18.2 Å². The quantitative estimate of drug-likeness (QED) is 0.803. The van der Waals surface area contributed by atoms with Crippen molar-refractivity contribution < 1.29 is 9.15 Å². The highest BCUT2D eigenvalue weighted by Gasteiger charge is 2.14. The lowest BCUT2D eigenvalue weighted by molar-refractivity contribution is 0.0843. The molecule has 0 bridgehead atoms. The Balaban J connectivity index is 1.89. The highest BCUT2D eigenvalue weighted by molar-refractivity contribution is 5.07. The number of furan rings is 1. The molecule has 1 unspecified atom stereocenters. The first-order chi connectivity index (χ1) is 9.75. The van der Waals surface area contributed by atoms with Crippen LogP contribution in [0.3, 0.4) is 0 Å². The lowest BCUT2D eigenvalue weighted by Gasteiger charge is -2.17. The monoisotopic (exact) mass is 274 g/mol. The van der Waals surface area contributed by atoms with Gasteiger partial charge in [-0.2, -0.15) is 0 Å². The van der Waals surface area contributed by atoms with Gasteiger partial charge in [-0.15, -0.1) is 0 Å². The van der Waals surface area contributed by atoms with Crippen molar-refractivity contribution in [2.24, 2.45) is 5.92 Å². The standard InChI is InChI=1S/C16H22N2O2/c1-13(2)11-19-12-15(16-7-5-9-20-16)18-10-14-6-3-4-8-17-14/h3-9,13,15,18H,10-12H2,1-2H3. The lowest BCUT2D eigenvalue weighted by Crippen LogP contribution is -2.26. The second-order valence-corrected chi connectivity index (χ2v) is 5.20. The van der Waals surface area contributed by atoms with Crippen molar-refractivity contribution in [3.63, 3.8) is 0 Å². The van der Waals surface area contributed by atoms with Gasteiger partial charge < -0.3 is 9.15 Å². The summed E-state index contributed by atoms with van der Waals surface area (Å²) < 4.78 is 11.2. The second-order valence-electron chi connectivity index (χ2n) is 5.20. The van der Waals surface area contributed by atoms with Crippen molar-refractivity contribution in [1.82, 2.24) is 10.3 Å². The Morgan fingerprint density at radius 2 is 2.10 bits per heavy atom. The summed E-state index contributed by atoms with van der Waals surface area (Å²) in [5, 5.41) is 3.43. The van der Waals surface area contributed by atoms with Gasteiger partial charge in [0.15, 0.2) is 0 Å². The number of hydrogen-bond acceptors (Lipinski definition) is 4. The van der Waals surface area contributed by atoms with Crippen LogP contribution in [0.2, 0.25) is 0 Å². The summed E-state index contributed by atoms with van der Waals surface area (Å²) in [7, 11) is 0. The highest BCUT2D eigenvalue weighted by Crippen LogP contribution is 2.15. The molecule has 0 aliphatic heterocycles. The van der Waals surface area contributed by atoms with Gasteiger partial charge in [-0.1, -0.05) is 19.9 Å². The number of ether oxygens (including phenoxy) is 1. The number of nitrogens with one attached hydrogen (secondary N) is 1. The summed E-state index contributed by atoms with van der Waals surface area (Å²) in [6.45, 7) is 6.32. The summed E-state index contributed by atoms with van der Waals surface area (Å²) in [6.07, 6.45) is 3.49. The highest BCUT2D eigenvalue weighted by atomic mass is 16.5. The molecular weight excluding hydrogens is 252 g/mol. The molecule has 0 saturated heterocycles. The van der Waals surface area contributed by atoms with Gasteiger partial charge in [0.1, 0.15) is 5.76 Å². The zero-order valence-corrected chi connectivity index (χ0v) is 12.1. The van der Waals surface area contributed by atoms with E-state index in [1.807, 2.05) is 30.3 Å². The molecule has 108 valence electrons. The van der Waals surface area contributed by atoms with E-state index in [2.05, 4.69) is 24.1 Å². The Hall–Kier alpha value is -1.65. The van der Waals surface area contributed by atoms with Crippen LogP contribution in [0.25, 0.3) is 0 Å². The molecule has 20 heavy (non-hydrogen) atoms. The molecule has 0 fully saturated rings. The average Bonchev–Trinajstić information content (AvgIpc) is 2.97. The molecular formula is C16H22N2O2.